The van der Waals surface area contributed by atoms with Gasteiger partial charge in [0.05, 0.1) is 0 Å². The number of halogens is 2. The molecule has 0 nitrogen and oxygen atoms in total. The molecule has 0 aromatic heterocycles. The standard InChI is InChI=1S/C26H22F2/c1-15-9-16(2)26(17(3)10-15)22-8-7-19-11-21(6-5-20(19)12-22)23-13-24(27)18(4)25(28)14-23/h5-14H,1-4H3. The van der Waals surface area contributed by atoms with Crippen molar-refractivity contribution < 1.29 is 8.78 Å². The molecule has 0 saturated heterocycles. The minimum atomic E-state index is -0.518. The number of hydrogen-bond acceptors (Lipinski definition) is 0. The van der Waals surface area contributed by atoms with E-state index >= 15 is 0 Å². The average molecular weight is 372 g/mol. The first-order chi connectivity index (χ1) is 13.3. The van der Waals surface area contributed by atoms with Crippen molar-refractivity contribution in [2.45, 2.75) is 27.7 Å². The van der Waals surface area contributed by atoms with Crippen LogP contribution in [0.2, 0.25) is 0 Å². The average Bonchev–Trinajstić information content (AvgIpc) is 2.64. The van der Waals surface area contributed by atoms with E-state index in [0.717, 1.165) is 16.3 Å². The van der Waals surface area contributed by atoms with Crippen molar-refractivity contribution in [2.24, 2.45) is 0 Å². The van der Waals surface area contributed by atoms with Gasteiger partial charge in [0, 0.05) is 5.56 Å². The summed E-state index contributed by atoms with van der Waals surface area (Å²) in [4.78, 5) is 0. The molecule has 2 heteroatoms. The van der Waals surface area contributed by atoms with Crippen molar-refractivity contribution in [3.8, 4) is 22.3 Å². The van der Waals surface area contributed by atoms with E-state index in [1.807, 2.05) is 18.2 Å². The fourth-order valence-electron chi connectivity index (χ4n) is 4.03. The molecular formula is C26H22F2. The van der Waals surface area contributed by atoms with Gasteiger partial charge in [-0.15, -0.1) is 0 Å². The van der Waals surface area contributed by atoms with E-state index in [9.17, 15) is 8.78 Å². The second-order valence-corrected chi connectivity index (χ2v) is 7.62. The van der Waals surface area contributed by atoms with Crippen LogP contribution in [0, 0.1) is 39.3 Å². The normalized spacial score (nSPS) is 11.2. The van der Waals surface area contributed by atoms with E-state index in [0.29, 0.717) is 5.56 Å². The molecule has 0 aliphatic heterocycles. The predicted molar refractivity (Wildman–Crippen MR) is 114 cm³/mol. The van der Waals surface area contributed by atoms with Gasteiger partial charge in [0.25, 0.3) is 0 Å². The molecular weight excluding hydrogens is 350 g/mol. The third-order valence-electron chi connectivity index (χ3n) is 5.42. The smallest absolute Gasteiger partial charge is 0.129 e. The maximum atomic E-state index is 13.9. The lowest BCUT2D eigenvalue weighted by molar-refractivity contribution is 0.569. The highest BCUT2D eigenvalue weighted by Gasteiger charge is 2.10. The van der Waals surface area contributed by atoms with Crippen molar-refractivity contribution in [1.82, 2.24) is 0 Å². The number of fused-ring (bicyclic) bond motifs is 1. The van der Waals surface area contributed by atoms with Crippen LogP contribution < -0.4 is 0 Å². The summed E-state index contributed by atoms with van der Waals surface area (Å²) >= 11 is 0. The van der Waals surface area contributed by atoms with E-state index in [4.69, 9.17) is 0 Å². The Morgan fingerprint density at radius 2 is 1.04 bits per heavy atom. The highest BCUT2D eigenvalue weighted by Crippen LogP contribution is 2.33. The molecule has 0 atom stereocenters. The Labute approximate surface area is 164 Å². The van der Waals surface area contributed by atoms with Crippen LogP contribution in [0.3, 0.4) is 0 Å². The van der Waals surface area contributed by atoms with Gasteiger partial charge in [-0.05, 0) is 96.1 Å². The van der Waals surface area contributed by atoms with Gasteiger partial charge in [-0.1, -0.05) is 42.0 Å². The topological polar surface area (TPSA) is 0 Å². The fourth-order valence-corrected chi connectivity index (χ4v) is 4.03. The molecule has 4 rings (SSSR count). The lowest BCUT2D eigenvalue weighted by atomic mass is 9.92. The van der Waals surface area contributed by atoms with Crippen LogP contribution in [0.15, 0.2) is 60.7 Å². The third-order valence-corrected chi connectivity index (χ3v) is 5.42. The maximum Gasteiger partial charge on any atom is 0.129 e. The molecule has 0 amide bonds. The summed E-state index contributed by atoms with van der Waals surface area (Å²) in [5.41, 5.74) is 7.65. The molecule has 0 heterocycles. The summed E-state index contributed by atoms with van der Waals surface area (Å²) < 4.78 is 27.9. The molecule has 0 unspecified atom stereocenters. The van der Waals surface area contributed by atoms with E-state index < -0.39 is 11.6 Å². The molecule has 4 aromatic rings. The Kier molecular flexibility index (Phi) is 4.50. The molecule has 0 N–H and O–H groups in total. The van der Waals surface area contributed by atoms with E-state index in [1.165, 1.54) is 46.9 Å². The van der Waals surface area contributed by atoms with Gasteiger partial charge in [0.1, 0.15) is 11.6 Å². The Morgan fingerprint density at radius 3 is 1.61 bits per heavy atom. The molecule has 28 heavy (non-hydrogen) atoms. The van der Waals surface area contributed by atoms with Crippen molar-refractivity contribution >= 4 is 10.8 Å². The zero-order valence-corrected chi connectivity index (χ0v) is 16.5. The Balaban J connectivity index is 1.81. The first kappa shape index (κ1) is 18.4. The maximum absolute atomic E-state index is 13.9. The minimum absolute atomic E-state index is 0.0537. The van der Waals surface area contributed by atoms with Crippen molar-refractivity contribution in [3.05, 3.63) is 94.6 Å². The van der Waals surface area contributed by atoms with Crippen LogP contribution in [0.5, 0.6) is 0 Å². The minimum Gasteiger partial charge on any atom is -0.207 e. The molecule has 0 aliphatic carbocycles. The first-order valence-electron chi connectivity index (χ1n) is 9.41. The second-order valence-electron chi connectivity index (χ2n) is 7.62. The number of rotatable bonds is 2. The number of hydrogen-bond donors (Lipinski definition) is 0. The van der Waals surface area contributed by atoms with Crippen molar-refractivity contribution in [2.75, 3.05) is 0 Å². The van der Waals surface area contributed by atoms with Crippen LogP contribution in [0.4, 0.5) is 8.78 Å². The molecule has 0 spiro atoms. The van der Waals surface area contributed by atoms with Crippen LogP contribution in [0.1, 0.15) is 22.3 Å². The molecule has 0 saturated carbocycles. The van der Waals surface area contributed by atoms with E-state index in [-0.39, 0.29) is 5.56 Å². The lowest BCUT2D eigenvalue weighted by Gasteiger charge is -2.13. The largest absolute Gasteiger partial charge is 0.207 e. The van der Waals surface area contributed by atoms with Crippen LogP contribution in [-0.2, 0) is 0 Å². The summed E-state index contributed by atoms with van der Waals surface area (Å²) in [6.45, 7) is 7.85. The Hall–Kier alpha value is -3.00. The first-order valence-corrected chi connectivity index (χ1v) is 9.41. The third kappa shape index (κ3) is 3.20. The summed E-state index contributed by atoms with van der Waals surface area (Å²) in [5, 5.41) is 2.15. The highest BCUT2D eigenvalue weighted by molar-refractivity contribution is 5.91. The predicted octanol–water partition coefficient (Wildman–Crippen LogP) is 7.69. The van der Waals surface area contributed by atoms with Crippen LogP contribution in [0.25, 0.3) is 33.0 Å². The zero-order chi connectivity index (χ0) is 20.0. The highest BCUT2D eigenvalue weighted by atomic mass is 19.1. The quantitative estimate of drug-likeness (QED) is 0.338. The monoisotopic (exact) mass is 372 g/mol. The molecule has 0 fully saturated rings. The van der Waals surface area contributed by atoms with Gasteiger partial charge in [-0.2, -0.15) is 0 Å². The van der Waals surface area contributed by atoms with Gasteiger partial charge in [0.15, 0.2) is 0 Å². The van der Waals surface area contributed by atoms with Crippen LogP contribution in [-0.4, -0.2) is 0 Å². The van der Waals surface area contributed by atoms with E-state index in [1.54, 1.807) is 0 Å². The van der Waals surface area contributed by atoms with E-state index in [2.05, 4.69) is 51.1 Å². The van der Waals surface area contributed by atoms with Crippen molar-refractivity contribution in [3.63, 3.8) is 0 Å². The molecule has 4 aromatic carbocycles. The van der Waals surface area contributed by atoms with Gasteiger partial charge in [0.2, 0.25) is 0 Å². The van der Waals surface area contributed by atoms with Gasteiger partial charge in [-0.25, -0.2) is 8.78 Å². The summed E-state index contributed by atoms with van der Waals surface area (Å²) in [6.07, 6.45) is 0. The van der Waals surface area contributed by atoms with Crippen LogP contribution >= 0.6 is 0 Å². The van der Waals surface area contributed by atoms with Gasteiger partial charge < -0.3 is 0 Å². The van der Waals surface area contributed by atoms with Crippen molar-refractivity contribution in [1.29, 1.82) is 0 Å². The number of benzene rings is 4. The Bertz CT molecular complexity index is 1170. The zero-order valence-electron chi connectivity index (χ0n) is 16.5. The summed E-state index contributed by atoms with van der Waals surface area (Å²) in [6, 6.07) is 19.5. The lowest BCUT2D eigenvalue weighted by Crippen LogP contribution is -1.91. The molecule has 0 bridgehead atoms. The van der Waals surface area contributed by atoms with Gasteiger partial charge in [-0.3, -0.25) is 0 Å². The SMILES string of the molecule is Cc1cc(C)c(-c2ccc3cc(-c4cc(F)c(C)c(F)c4)ccc3c2)c(C)c1. The number of aryl methyl sites for hydroxylation is 3. The second kappa shape index (κ2) is 6.87. The fraction of sp³-hybridized carbons (Fsp3) is 0.154. The van der Waals surface area contributed by atoms with Gasteiger partial charge >= 0.3 is 0 Å². The molecule has 0 radical (unpaired) electrons. The Morgan fingerprint density at radius 1 is 0.536 bits per heavy atom. The molecule has 140 valence electrons. The summed E-state index contributed by atoms with van der Waals surface area (Å²) in [5.74, 6) is -1.04. The molecule has 0 aliphatic rings. The summed E-state index contributed by atoms with van der Waals surface area (Å²) in [7, 11) is 0.